The number of rotatable bonds is 8. The van der Waals surface area contributed by atoms with E-state index in [1.165, 1.54) is 39.9 Å². The first kappa shape index (κ1) is 16.2. The quantitative estimate of drug-likeness (QED) is 0.645. The van der Waals surface area contributed by atoms with Crippen LogP contribution in [-0.2, 0) is 0 Å². The molecule has 0 aliphatic heterocycles. The van der Waals surface area contributed by atoms with E-state index in [1.54, 1.807) is 0 Å². The van der Waals surface area contributed by atoms with Gasteiger partial charge in [0.2, 0.25) is 0 Å². The van der Waals surface area contributed by atoms with Crippen LogP contribution < -0.4 is 5.32 Å². The van der Waals surface area contributed by atoms with Crippen molar-refractivity contribution in [2.45, 2.75) is 59.4 Å². The van der Waals surface area contributed by atoms with Crippen molar-refractivity contribution < 1.29 is 0 Å². The summed E-state index contributed by atoms with van der Waals surface area (Å²) in [5, 5.41) is 3.71. The van der Waals surface area contributed by atoms with Crippen LogP contribution in [0.2, 0.25) is 0 Å². The minimum Gasteiger partial charge on any atom is -0.310 e. The van der Waals surface area contributed by atoms with Crippen molar-refractivity contribution in [1.82, 2.24) is 5.32 Å². The summed E-state index contributed by atoms with van der Waals surface area (Å²) in [5.74, 6) is 0.764. The Morgan fingerprint density at radius 3 is 2.22 bits per heavy atom. The molecule has 1 heterocycles. The Kier molecular flexibility index (Phi) is 7.50. The third kappa shape index (κ3) is 4.36. The highest BCUT2D eigenvalue weighted by Crippen LogP contribution is 2.36. The molecule has 104 valence electrons. The summed E-state index contributed by atoms with van der Waals surface area (Å²) in [6, 6.07) is 2.84. The predicted octanol–water partition coefficient (Wildman–Crippen LogP) is 5.69. The third-order valence-corrected chi connectivity index (χ3v) is 5.04. The second-order valence-corrected chi connectivity index (χ2v) is 7.57. The van der Waals surface area contributed by atoms with Crippen molar-refractivity contribution in [3.8, 4) is 0 Å². The van der Waals surface area contributed by atoms with E-state index in [-0.39, 0.29) is 0 Å². The van der Waals surface area contributed by atoms with Crippen LogP contribution in [0.4, 0.5) is 0 Å². The van der Waals surface area contributed by atoms with Crippen molar-refractivity contribution >= 4 is 27.3 Å². The molecule has 1 aromatic rings. The smallest absolute Gasteiger partial charge is 0.0704 e. The predicted molar refractivity (Wildman–Crippen MR) is 86.5 cm³/mol. The molecule has 0 radical (unpaired) electrons. The van der Waals surface area contributed by atoms with Crippen molar-refractivity contribution in [1.29, 1.82) is 0 Å². The lowest BCUT2D eigenvalue weighted by molar-refractivity contribution is 0.320. The van der Waals surface area contributed by atoms with Crippen LogP contribution in [0.3, 0.4) is 0 Å². The first-order valence-electron chi connectivity index (χ1n) is 7.13. The lowest BCUT2D eigenvalue weighted by Crippen LogP contribution is -2.28. The monoisotopic (exact) mass is 331 g/mol. The van der Waals surface area contributed by atoms with Crippen LogP contribution >= 0.6 is 27.3 Å². The average molecular weight is 332 g/mol. The van der Waals surface area contributed by atoms with Gasteiger partial charge in [0.05, 0.1) is 3.79 Å². The molecule has 0 spiro atoms. The molecule has 0 aliphatic rings. The lowest BCUT2D eigenvalue weighted by atomic mass is 9.86. The molecule has 18 heavy (non-hydrogen) atoms. The number of thiophene rings is 1. The van der Waals surface area contributed by atoms with Crippen molar-refractivity contribution in [2.75, 3.05) is 6.54 Å². The number of aryl methyl sites for hydroxylation is 1. The fourth-order valence-corrected chi connectivity index (χ4v) is 4.49. The number of hydrogen-bond acceptors (Lipinski definition) is 2. The molecular formula is C15H26BrNS. The fraction of sp³-hybridized carbons (Fsp3) is 0.733. The van der Waals surface area contributed by atoms with Crippen LogP contribution in [0.5, 0.6) is 0 Å². The SMILES string of the molecule is CCCC(CCC)C(NCC)c1cc(Br)sc1C. The Morgan fingerprint density at radius 2 is 1.83 bits per heavy atom. The van der Waals surface area contributed by atoms with Crippen molar-refractivity contribution in [2.24, 2.45) is 5.92 Å². The lowest BCUT2D eigenvalue weighted by Gasteiger charge is -2.28. The summed E-state index contributed by atoms with van der Waals surface area (Å²) in [5.41, 5.74) is 1.50. The molecule has 1 aromatic heterocycles. The van der Waals surface area contributed by atoms with Gasteiger partial charge < -0.3 is 5.32 Å². The average Bonchev–Trinajstić information content (AvgIpc) is 2.65. The maximum absolute atomic E-state index is 3.71. The van der Waals surface area contributed by atoms with Crippen LogP contribution in [0.1, 0.15) is 62.9 Å². The van der Waals surface area contributed by atoms with Crippen molar-refractivity contribution in [3.05, 3.63) is 20.3 Å². The zero-order valence-electron chi connectivity index (χ0n) is 12.1. The molecule has 1 rings (SSSR count). The second kappa shape index (κ2) is 8.34. The first-order valence-corrected chi connectivity index (χ1v) is 8.74. The maximum atomic E-state index is 3.71. The second-order valence-electron chi connectivity index (χ2n) is 4.93. The van der Waals surface area contributed by atoms with Gasteiger partial charge in [-0.3, -0.25) is 0 Å². The van der Waals surface area contributed by atoms with Gasteiger partial charge >= 0.3 is 0 Å². The van der Waals surface area contributed by atoms with E-state index >= 15 is 0 Å². The van der Waals surface area contributed by atoms with Crippen LogP contribution in [0, 0.1) is 12.8 Å². The first-order chi connectivity index (χ1) is 8.63. The van der Waals surface area contributed by atoms with Crippen molar-refractivity contribution in [3.63, 3.8) is 0 Å². The van der Waals surface area contributed by atoms with Crippen LogP contribution in [0.25, 0.3) is 0 Å². The number of hydrogen-bond donors (Lipinski definition) is 1. The van der Waals surface area contributed by atoms with E-state index in [0.29, 0.717) is 6.04 Å². The zero-order valence-corrected chi connectivity index (χ0v) is 14.5. The molecule has 0 amide bonds. The summed E-state index contributed by atoms with van der Waals surface area (Å²) in [7, 11) is 0. The van der Waals surface area contributed by atoms with Gasteiger partial charge in [-0.2, -0.15) is 0 Å². The molecule has 1 unspecified atom stereocenters. The molecule has 1 atom stereocenters. The zero-order chi connectivity index (χ0) is 13.5. The van der Waals surface area contributed by atoms with Gasteiger partial charge in [-0.1, -0.05) is 33.6 Å². The Bertz CT molecular complexity index is 342. The van der Waals surface area contributed by atoms with Gasteiger partial charge in [0, 0.05) is 10.9 Å². The van der Waals surface area contributed by atoms with E-state index in [4.69, 9.17) is 0 Å². The third-order valence-electron chi connectivity index (χ3n) is 3.48. The highest BCUT2D eigenvalue weighted by molar-refractivity contribution is 9.11. The van der Waals surface area contributed by atoms with Gasteiger partial charge in [-0.25, -0.2) is 0 Å². The summed E-state index contributed by atoms with van der Waals surface area (Å²) in [4.78, 5) is 1.45. The molecular weight excluding hydrogens is 306 g/mol. The summed E-state index contributed by atoms with van der Waals surface area (Å²) in [6.45, 7) is 10.1. The minimum absolute atomic E-state index is 0.525. The summed E-state index contributed by atoms with van der Waals surface area (Å²) in [6.07, 6.45) is 5.19. The molecule has 0 aliphatic carbocycles. The molecule has 3 heteroatoms. The van der Waals surface area contributed by atoms with E-state index in [2.05, 4.69) is 55.0 Å². The van der Waals surface area contributed by atoms with Crippen LogP contribution in [-0.4, -0.2) is 6.54 Å². The highest BCUT2D eigenvalue weighted by atomic mass is 79.9. The van der Waals surface area contributed by atoms with Gasteiger partial charge in [0.15, 0.2) is 0 Å². The molecule has 0 aromatic carbocycles. The fourth-order valence-electron chi connectivity index (χ4n) is 2.74. The Labute approximate surface area is 125 Å². The number of nitrogens with one attached hydrogen (secondary N) is 1. The Balaban J connectivity index is 2.94. The highest BCUT2D eigenvalue weighted by Gasteiger charge is 2.23. The van der Waals surface area contributed by atoms with Gasteiger partial charge in [-0.05, 0) is 59.8 Å². The summed E-state index contributed by atoms with van der Waals surface area (Å²) >= 11 is 5.47. The van der Waals surface area contributed by atoms with Gasteiger partial charge in [-0.15, -0.1) is 11.3 Å². The summed E-state index contributed by atoms with van der Waals surface area (Å²) < 4.78 is 1.25. The van der Waals surface area contributed by atoms with Gasteiger partial charge in [0.1, 0.15) is 0 Å². The largest absolute Gasteiger partial charge is 0.310 e. The Hall–Kier alpha value is 0.140. The topological polar surface area (TPSA) is 12.0 Å². The molecule has 0 fully saturated rings. The van der Waals surface area contributed by atoms with E-state index < -0.39 is 0 Å². The van der Waals surface area contributed by atoms with Crippen LogP contribution in [0.15, 0.2) is 9.85 Å². The van der Waals surface area contributed by atoms with E-state index in [1.807, 2.05) is 11.3 Å². The maximum Gasteiger partial charge on any atom is 0.0704 e. The normalized spacial score (nSPS) is 13.2. The molecule has 1 nitrogen and oxygen atoms in total. The van der Waals surface area contributed by atoms with E-state index in [9.17, 15) is 0 Å². The molecule has 0 saturated heterocycles. The van der Waals surface area contributed by atoms with Gasteiger partial charge in [0.25, 0.3) is 0 Å². The number of halogens is 1. The standard InChI is InChI=1S/C15H26BrNS/c1-5-8-12(9-6-2)15(17-7-3)13-10-14(16)18-11(13)4/h10,12,15,17H,5-9H2,1-4H3. The minimum atomic E-state index is 0.525. The molecule has 0 bridgehead atoms. The molecule has 0 saturated carbocycles. The molecule has 1 N–H and O–H groups in total. The Morgan fingerprint density at radius 1 is 1.22 bits per heavy atom. The van der Waals surface area contributed by atoms with E-state index in [0.717, 1.165) is 12.5 Å².